The zero-order valence-electron chi connectivity index (χ0n) is 20.8. The van der Waals surface area contributed by atoms with Gasteiger partial charge in [0.1, 0.15) is 0 Å². The minimum absolute atomic E-state index is 0.228. The van der Waals surface area contributed by atoms with Crippen molar-refractivity contribution in [3.05, 3.63) is 35.4 Å². The Balaban J connectivity index is 1.30. The highest BCUT2D eigenvalue weighted by molar-refractivity contribution is 6.21. The van der Waals surface area contributed by atoms with Crippen molar-refractivity contribution in [1.82, 2.24) is 4.90 Å². The summed E-state index contributed by atoms with van der Waals surface area (Å²) in [7, 11) is 0. The number of hydrogen-bond acceptors (Lipinski definition) is 4. The molecule has 0 saturated carbocycles. The number of unbranched alkanes of at least 4 members (excludes halogenated alkanes) is 13. The zero-order valence-corrected chi connectivity index (χ0v) is 20.8. The van der Waals surface area contributed by atoms with Crippen LogP contribution in [0.1, 0.15) is 118 Å². The lowest BCUT2D eigenvalue weighted by Crippen LogP contribution is -2.33. The van der Waals surface area contributed by atoms with Crippen LogP contribution in [-0.2, 0) is 9.47 Å². The van der Waals surface area contributed by atoms with Crippen LogP contribution in [0.15, 0.2) is 24.3 Å². The summed E-state index contributed by atoms with van der Waals surface area (Å²) in [5.41, 5.74) is 0.970. The van der Waals surface area contributed by atoms with E-state index in [1.807, 2.05) is 0 Å². The smallest absolute Gasteiger partial charge is 0.261 e. The molecule has 0 bridgehead atoms. The SMILES string of the molecule is CCCCCCCCCCCCCCCCOCCOCCN1C(=O)c2ccccc2C1=O. The lowest BCUT2D eigenvalue weighted by molar-refractivity contribution is 0.0346. The van der Waals surface area contributed by atoms with Crippen LogP contribution in [0.4, 0.5) is 0 Å². The molecule has 5 heteroatoms. The molecule has 0 aromatic heterocycles. The summed E-state index contributed by atoms with van der Waals surface area (Å²) in [4.78, 5) is 25.8. The third-order valence-corrected chi connectivity index (χ3v) is 6.35. The van der Waals surface area contributed by atoms with E-state index in [1.165, 1.54) is 88.4 Å². The Morgan fingerprint density at radius 1 is 0.576 bits per heavy atom. The monoisotopic (exact) mass is 459 g/mol. The van der Waals surface area contributed by atoms with Crippen molar-refractivity contribution in [2.45, 2.75) is 96.8 Å². The summed E-state index contributed by atoms with van der Waals surface area (Å²) >= 11 is 0. The predicted octanol–water partition coefficient (Wildman–Crippen LogP) is 6.80. The van der Waals surface area contributed by atoms with Gasteiger partial charge in [-0.05, 0) is 18.6 Å². The summed E-state index contributed by atoms with van der Waals surface area (Å²) < 4.78 is 11.2. The van der Waals surface area contributed by atoms with E-state index >= 15 is 0 Å². The van der Waals surface area contributed by atoms with E-state index in [4.69, 9.17) is 9.47 Å². The van der Waals surface area contributed by atoms with Crippen LogP contribution >= 0.6 is 0 Å². The van der Waals surface area contributed by atoms with Gasteiger partial charge in [0.25, 0.3) is 11.8 Å². The number of carbonyl (C=O) groups is 2. The van der Waals surface area contributed by atoms with Crippen LogP contribution in [0.2, 0.25) is 0 Å². The molecule has 0 aliphatic carbocycles. The molecular formula is C28H45NO4. The van der Waals surface area contributed by atoms with Gasteiger partial charge in [-0.2, -0.15) is 0 Å². The number of rotatable bonds is 21. The minimum Gasteiger partial charge on any atom is -0.379 e. The summed E-state index contributed by atoms with van der Waals surface area (Å²) in [6.45, 7) is 4.72. The molecule has 5 nitrogen and oxygen atoms in total. The van der Waals surface area contributed by atoms with E-state index in [0.717, 1.165) is 13.0 Å². The molecule has 0 unspecified atom stereocenters. The average molecular weight is 460 g/mol. The average Bonchev–Trinajstić information content (AvgIpc) is 3.07. The van der Waals surface area contributed by atoms with Crippen LogP contribution in [0.3, 0.4) is 0 Å². The molecule has 2 rings (SSSR count). The fourth-order valence-electron chi connectivity index (χ4n) is 4.32. The van der Waals surface area contributed by atoms with Crippen LogP contribution in [0, 0.1) is 0 Å². The quantitative estimate of drug-likeness (QED) is 0.150. The molecule has 186 valence electrons. The van der Waals surface area contributed by atoms with Crippen LogP contribution < -0.4 is 0 Å². The Bertz CT molecular complexity index is 641. The molecule has 0 spiro atoms. The van der Waals surface area contributed by atoms with Gasteiger partial charge < -0.3 is 9.47 Å². The fourth-order valence-corrected chi connectivity index (χ4v) is 4.32. The third-order valence-electron chi connectivity index (χ3n) is 6.35. The first kappa shape index (κ1) is 27.5. The van der Waals surface area contributed by atoms with E-state index in [2.05, 4.69) is 6.92 Å². The molecule has 0 radical (unpaired) electrons. The second-order valence-electron chi connectivity index (χ2n) is 9.13. The molecule has 0 atom stereocenters. The van der Waals surface area contributed by atoms with Gasteiger partial charge in [0.2, 0.25) is 0 Å². The molecule has 1 aromatic carbocycles. The van der Waals surface area contributed by atoms with Gasteiger partial charge in [0.05, 0.1) is 37.5 Å². The number of fused-ring (bicyclic) bond motifs is 1. The first-order chi connectivity index (χ1) is 16.3. The summed E-state index contributed by atoms with van der Waals surface area (Å²) in [5.74, 6) is -0.457. The number of carbonyl (C=O) groups excluding carboxylic acids is 2. The Hall–Kier alpha value is -1.72. The first-order valence-electron chi connectivity index (χ1n) is 13.4. The molecule has 1 aromatic rings. The molecule has 0 saturated heterocycles. The molecule has 1 heterocycles. The summed E-state index contributed by atoms with van der Waals surface area (Å²) in [5, 5.41) is 0. The van der Waals surface area contributed by atoms with Gasteiger partial charge in [-0.25, -0.2) is 0 Å². The van der Waals surface area contributed by atoms with Crippen molar-refractivity contribution >= 4 is 11.8 Å². The number of imide groups is 1. The molecule has 0 N–H and O–H groups in total. The van der Waals surface area contributed by atoms with Crippen LogP contribution in [0.5, 0.6) is 0 Å². The third kappa shape index (κ3) is 10.8. The maximum atomic E-state index is 12.3. The van der Waals surface area contributed by atoms with Gasteiger partial charge in [-0.15, -0.1) is 0 Å². The Morgan fingerprint density at radius 3 is 1.48 bits per heavy atom. The van der Waals surface area contributed by atoms with Gasteiger partial charge in [0, 0.05) is 6.61 Å². The van der Waals surface area contributed by atoms with Crippen molar-refractivity contribution in [2.75, 3.05) is 33.0 Å². The maximum absolute atomic E-state index is 12.3. The highest BCUT2D eigenvalue weighted by Gasteiger charge is 2.34. The fraction of sp³-hybridized carbons (Fsp3) is 0.714. The van der Waals surface area contributed by atoms with Gasteiger partial charge in [0.15, 0.2) is 0 Å². The Labute approximate surface area is 201 Å². The highest BCUT2D eigenvalue weighted by Crippen LogP contribution is 2.21. The highest BCUT2D eigenvalue weighted by atomic mass is 16.5. The van der Waals surface area contributed by atoms with Crippen molar-refractivity contribution in [3.63, 3.8) is 0 Å². The van der Waals surface area contributed by atoms with Gasteiger partial charge in [-0.3, -0.25) is 14.5 Å². The van der Waals surface area contributed by atoms with Crippen molar-refractivity contribution in [2.24, 2.45) is 0 Å². The topological polar surface area (TPSA) is 55.8 Å². The minimum atomic E-state index is -0.228. The second kappa shape index (κ2) is 17.7. The van der Waals surface area contributed by atoms with Gasteiger partial charge in [-0.1, -0.05) is 103 Å². The number of hydrogen-bond donors (Lipinski definition) is 0. The van der Waals surface area contributed by atoms with E-state index in [0.29, 0.717) is 30.9 Å². The summed E-state index contributed by atoms with van der Waals surface area (Å²) in [6.07, 6.45) is 19.0. The van der Waals surface area contributed by atoms with Crippen LogP contribution in [-0.4, -0.2) is 49.7 Å². The Kier molecular flexibility index (Phi) is 14.8. The number of amides is 2. The predicted molar refractivity (Wildman–Crippen MR) is 134 cm³/mol. The second-order valence-corrected chi connectivity index (χ2v) is 9.13. The summed E-state index contributed by atoms with van der Waals surface area (Å²) in [6, 6.07) is 6.95. The van der Waals surface area contributed by atoms with E-state index < -0.39 is 0 Å². The van der Waals surface area contributed by atoms with Crippen molar-refractivity contribution < 1.29 is 19.1 Å². The molecular weight excluding hydrogens is 414 g/mol. The lowest BCUT2D eigenvalue weighted by atomic mass is 10.0. The van der Waals surface area contributed by atoms with Crippen LogP contribution in [0.25, 0.3) is 0 Å². The number of ether oxygens (including phenoxy) is 2. The van der Waals surface area contributed by atoms with Crippen molar-refractivity contribution in [1.29, 1.82) is 0 Å². The standard InChI is InChI=1S/C28H45NO4/c1-2-3-4-5-6-7-8-9-10-11-12-13-14-17-21-32-23-24-33-22-20-29-27(30)25-18-15-16-19-26(25)28(29)31/h15-16,18-19H,2-14,17,20-24H2,1H3. The first-order valence-corrected chi connectivity index (χ1v) is 13.4. The molecule has 1 aliphatic rings. The normalized spacial score (nSPS) is 13.2. The largest absolute Gasteiger partial charge is 0.379 e. The van der Waals surface area contributed by atoms with Gasteiger partial charge >= 0.3 is 0 Å². The molecule has 0 fully saturated rings. The van der Waals surface area contributed by atoms with E-state index in [1.54, 1.807) is 24.3 Å². The van der Waals surface area contributed by atoms with Crippen molar-refractivity contribution in [3.8, 4) is 0 Å². The van der Waals surface area contributed by atoms with E-state index in [9.17, 15) is 9.59 Å². The molecule has 1 aliphatic heterocycles. The number of nitrogens with zero attached hydrogens (tertiary/aromatic N) is 1. The zero-order chi connectivity index (χ0) is 23.6. The van der Waals surface area contributed by atoms with E-state index in [-0.39, 0.29) is 18.4 Å². The Morgan fingerprint density at radius 2 is 1.00 bits per heavy atom. The number of benzene rings is 1. The maximum Gasteiger partial charge on any atom is 0.261 e. The lowest BCUT2D eigenvalue weighted by Gasteiger charge is -2.13. The molecule has 33 heavy (non-hydrogen) atoms. The molecule has 2 amide bonds.